The van der Waals surface area contributed by atoms with Crippen molar-refractivity contribution in [3.63, 3.8) is 0 Å². The van der Waals surface area contributed by atoms with E-state index in [0.717, 1.165) is 39.0 Å². The maximum atomic E-state index is 14.4. The minimum absolute atomic E-state index is 0.0770. The highest BCUT2D eigenvalue weighted by atomic mass is 79.9. The van der Waals surface area contributed by atoms with Crippen LogP contribution in [0.5, 0.6) is 0 Å². The summed E-state index contributed by atoms with van der Waals surface area (Å²) < 4.78 is 15.5. The predicted octanol–water partition coefficient (Wildman–Crippen LogP) is 5.36. The molecule has 1 N–H and O–H groups in total. The van der Waals surface area contributed by atoms with Crippen LogP contribution in [0.25, 0.3) is 0 Å². The Balaban J connectivity index is 2.46. The van der Waals surface area contributed by atoms with Gasteiger partial charge in [0.2, 0.25) is 0 Å². The van der Waals surface area contributed by atoms with Gasteiger partial charge in [-0.15, -0.1) is 11.3 Å². The fraction of sp³-hybridized carbons (Fsp3) is 0.375. The molecule has 1 aromatic heterocycles. The second kappa shape index (κ2) is 6.83. The summed E-state index contributed by atoms with van der Waals surface area (Å²) >= 11 is 5.13. The molecule has 0 bridgehead atoms. The summed E-state index contributed by atoms with van der Waals surface area (Å²) in [7, 11) is 0. The van der Waals surface area contributed by atoms with E-state index >= 15 is 0 Å². The predicted molar refractivity (Wildman–Crippen MR) is 88.0 cm³/mol. The molecule has 4 heteroatoms. The molecule has 0 saturated heterocycles. The monoisotopic (exact) mass is 355 g/mol. The number of nitrogens with one attached hydrogen (secondary N) is 1. The summed E-state index contributed by atoms with van der Waals surface area (Å²) in [5.74, 6) is -0.124. The molecule has 1 heterocycles. The summed E-state index contributed by atoms with van der Waals surface area (Å²) in [6.07, 6.45) is 1.02. The molecule has 20 heavy (non-hydrogen) atoms. The van der Waals surface area contributed by atoms with Gasteiger partial charge in [-0.2, -0.15) is 0 Å². The van der Waals surface area contributed by atoms with Crippen molar-refractivity contribution in [3.05, 3.63) is 55.4 Å². The van der Waals surface area contributed by atoms with E-state index in [1.807, 2.05) is 25.3 Å². The molecule has 2 rings (SSSR count). The summed E-state index contributed by atoms with van der Waals surface area (Å²) in [5, 5.41) is 5.51. The molecule has 1 unspecified atom stereocenters. The maximum absolute atomic E-state index is 14.4. The van der Waals surface area contributed by atoms with Gasteiger partial charge < -0.3 is 5.32 Å². The lowest BCUT2D eigenvalue weighted by atomic mass is 9.97. The topological polar surface area (TPSA) is 12.0 Å². The molecule has 0 aliphatic heterocycles. The minimum atomic E-state index is -0.124. The van der Waals surface area contributed by atoms with Crippen LogP contribution in [-0.2, 0) is 0 Å². The number of halogens is 2. The van der Waals surface area contributed by atoms with Gasteiger partial charge in [-0.1, -0.05) is 13.0 Å². The standard InChI is InChI=1S/C16H19BrFNS/c1-4-5-19-16(14-8-12(17)9-20-14)15-11(3)6-10(2)7-13(15)18/h6-9,16,19H,4-5H2,1-3H3. The number of benzene rings is 1. The lowest BCUT2D eigenvalue weighted by Crippen LogP contribution is -2.24. The van der Waals surface area contributed by atoms with Crippen molar-refractivity contribution in [3.8, 4) is 0 Å². The van der Waals surface area contributed by atoms with Gasteiger partial charge in [0.15, 0.2) is 0 Å². The molecule has 1 nitrogen and oxygen atoms in total. The molecule has 1 aromatic carbocycles. The third-order valence-corrected chi connectivity index (χ3v) is 5.00. The third kappa shape index (κ3) is 3.48. The van der Waals surface area contributed by atoms with Crippen LogP contribution < -0.4 is 5.32 Å². The Labute approximate surface area is 132 Å². The summed E-state index contributed by atoms with van der Waals surface area (Å²) in [4.78, 5) is 1.14. The number of rotatable bonds is 5. The van der Waals surface area contributed by atoms with Crippen molar-refractivity contribution < 1.29 is 4.39 Å². The number of aryl methyl sites for hydroxylation is 2. The largest absolute Gasteiger partial charge is 0.305 e. The van der Waals surface area contributed by atoms with Gasteiger partial charge in [0, 0.05) is 20.3 Å². The molecule has 0 radical (unpaired) electrons. The number of hydrogen-bond acceptors (Lipinski definition) is 2. The van der Waals surface area contributed by atoms with Crippen molar-refractivity contribution in [2.24, 2.45) is 0 Å². The average Bonchev–Trinajstić information content (AvgIpc) is 2.78. The molecular formula is C16H19BrFNS. The van der Waals surface area contributed by atoms with E-state index in [2.05, 4.69) is 34.2 Å². The van der Waals surface area contributed by atoms with Gasteiger partial charge in [-0.05, 0) is 66.0 Å². The van der Waals surface area contributed by atoms with Crippen molar-refractivity contribution in [2.75, 3.05) is 6.54 Å². The van der Waals surface area contributed by atoms with Crippen LogP contribution in [0.3, 0.4) is 0 Å². The molecule has 108 valence electrons. The second-order valence-corrected chi connectivity index (χ2v) is 6.89. The molecule has 1 atom stereocenters. The number of hydrogen-bond donors (Lipinski definition) is 1. The van der Waals surface area contributed by atoms with E-state index in [4.69, 9.17) is 0 Å². The zero-order valence-electron chi connectivity index (χ0n) is 12.0. The highest BCUT2D eigenvalue weighted by Crippen LogP contribution is 2.33. The van der Waals surface area contributed by atoms with Crippen molar-refractivity contribution >= 4 is 27.3 Å². The van der Waals surface area contributed by atoms with Gasteiger partial charge in [-0.3, -0.25) is 0 Å². The van der Waals surface area contributed by atoms with Crippen LogP contribution in [0.1, 0.15) is 41.0 Å². The SMILES string of the molecule is CCCNC(c1cc(Br)cs1)c1c(C)cc(C)cc1F. The first-order valence-electron chi connectivity index (χ1n) is 6.77. The van der Waals surface area contributed by atoms with E-state index in [-0.39, 0.29) is 11.9 Å². The Kier molecular flexibility index (Phi) is 5.35. The van der Waals surface area contributed by atoms with Gasteiger partial charge in [-0.25, -0.2) is 4.39 Å². The molecule has 0 saturated carbocycles. The van der Waals surface area contributed by atoms with E-state index in [0.29, 0.717) is 0 Å². The first kappa shape index (κ1) is 15.7. The van der Waals surface area contributed by atoms with Gasteiger partial charge in [0.1, 0.15) is 5.82 Å². The fourth-order valence-electron chi connectivity index (χ4n) is 2.41. The molecule has 0 aliphatic carbocycles. The molecule has 0 aliphatic rings. The lowest BCUT2D eigenvalue weighted by Gasteiger charge is -2.21. The van der Waals surface area contributed by atoms with Crippen LogP contribution in [0.2, 0.25) is 0 Å². The Hall–Kier alpha value is -0.710. The van der Waals surface area contributed by atoms with Crippen LogP contribution in [-0.4, -0.2) is 6.54 Å². The molecule has 2 aromatic rings. The smallest absolute Gasteiger partial charge is 0.128 e. The van der Waals surface area contributed by atoms with Crippen molar-refractivity contribution in [2.45, 2.75) is 33.2 Å². The van der Waals surface area contributed by atoms with E-state index in [9.17, 15) is 4.39 Å². The molecule has 0 fully saturated rings. The van der Waals surface area contributed by atoms with Crippen LogP contribution in [0.15, 0.2) is 28.1 Å². The number of thiophene rings is 1. The second-order valence-electron chi connectivity index (χ2n) is 5.03. The maximum Gasteiger partial charge on any atom is 0.128 e. The Morgan fingerprint density at radius 1 is 1.30 bits per heavy atom. The van der Waals surface area contributed by atoms with Crippen LogP contribution >= 0.6 is 27.3 Å². The van der Waals surface area contributed by atoms with Crippen molar-refractivity contribution in [1.29, 1.82) is 0 Å². The van der Waals surface area contributed by atoms with E-state index in [1.54, 1.807) is 17.4 Å². The Morgan fingerprint density at radius 2 is 2.05 bits per heavy atom. The van der Waals surface area contributed by atoms with E-state index in [1.165, 1.54) is 0 Å². The minimum Gasteiger partial charge on any atom is -0.305 e. The van der Waals surface area contributed by atoms with Gasteiger partial charge in [0.05, 0.1) is 6.04 Å². The zero-order chi connectivity index (χ0) is 14.7. The summed E-state index contributed by atoms with van der Waals surface area (Å²) in [5.41, 5.74) is 2.73. The molecular weight excluding hydrogens is 337 g/mol. The Bertz CT molecular complexity index is 571. The molecule has 0 amide bonds. The van der Waals surface area contributed by atoms with Gasteiger partial charge in [0.25, 0.3) is 0 Å². The van der Waals surface area contributed by atoms with Crippen molar-refractivity contribution in [1.82, 2.24) is 5.32 Å². The lowest BCUT2D eigenvalue weighted by molar-refractivity contribution is 0.547. The summed E-state index contributed by atoms with van der Waals surface area (Å²) in [6, 6.07) is 5.65. The summed E-state index contributed by atoms with van der Waals surface area (Å²) in [6.45, 7) is 6.89. The third-order valence-electron chi connectivity index (χ3n) is 3.24. The highest BCUT2D eigenvalue weighted by molar-refractivity contribution is 9.10. The average molecular weight is 356 g/mol. The fourth-order valence-corrected chi connectivity index (χ4v) is 3.93. The molecule has 0 spiro atoms. The van der Waals surface area contributed by atoms with E-state index < -0.39 is 0 Å². The first-order chi connectivity index (χ1) is 9.52. The highest BCUT2D eigenvalue weighted by Gasteiger charge is 2.21. The van der Waals surface area contributed by atoms with Gasteiger partial charge >= 0.3 is 0 Å². The normalized spacial score (nSPS) is 12.7. The quantitative estimate of drug-likeness (QED) is 0.761. The Morgan fingerprint density at radius 3 is 2.60 bits per heavy atom. The van der Waals surface area contributed by atoms with Crippen LogP contribution in [0.4, 0.5) is 4.39 Å². The first-order valence-corrected chi connectivity index (χ1v) is 8.44. The van der Waals surface area contributed by atoms with Crippen LogP contribution in [0, 0.1) is 19.7 Å². The zero-order valence-corrected chi connectivity index (χ0v) is 14.4.